The van der Waals surface area contributed by atoms with Crippen molar-refractivity contribution in [3.05, 3.63) is 12.7 Å². The van der Waals surface area contributed by atoms with E-state index < -0.39 is 17.9 Å². The highest BCUT2D eigenvalue weighted by Gasteiger charge is 2.32. The van der Waals surface area contributed by atoms with Gasteiger partial charge in [-0.3, -0.25) is 14.9 Å². The lowest BCUT2D eigenvalue weighted by Crippen LogP contribution is -2.44. The van der Waals surface area contributed by atoms with Gasteiger partial charge in [0, 0.05) is 25.4 Å². The molecule has 0 unspecified atom stereocenters. The summed E-state index contributed by atoms with van der Waals surface area (Å²) < 4.78 is 0. The first kappa shape index (κ1) is 14.2. The Morgan fingerprint density at radius 3 is 2.50 bits per heavy atom. The van der Waals surface area contributed by atoms with Crippen LogP contribution in [0.25, 0.3) is 0 Å². The van der Waals surface area contributed by atoms with Gasteiger partial charge in [-0.15, -0.1) is 6.58 Å². The van der Waals surface area contributed by atoms with E-state index in [1.165, 1.54) is 0 Å². The third-order valence-electron chi connectivity index (χ3n) is 2.62. The minimum atomic E-state index is -0.944. The van der Waals surface area contributed by atoms with Crippen LogP contribution in [0.2, 0.25) is 0 Å². The highest BCUT2D eigenvalue weighted by Crippen LogP contribution is 2.26. The van der Waals surface area contributed by atoms with Gasteiger partial charge in [0.15, 0.2) is 0 Å². The molecular formula is C12H18N2O4. The molecule has 0 saturated heterocycles. The molecule has 0 spiro atoms. The van der Waals surface area contributed by atoms with E-state index in [0.717, 1.165) is 12.8 Å². The van der Waals surface area contributed by atoms with Crippen molar-refractivity contribution in [3.63, 3.8) is 0 Å². The molecule has 3 amide bonds. The number of urea groups is 1. The topological polar surface area (TPSA) is 86.7 Å². The maximum Gasteiger partial charge on any atom is 0.324 e. The van der Waals surface area contributed by atoms with Crippen molar-refractivity contribution in [2.24, 2.45) is 0 Å². The molecule has 100 valence electrons. The smallest absolute Gasteiger partial charge is 0.324 e. The molecule has 0 aromatic heterocycles. The minimum Gasteiger partial charge on any atom is -0.481 e. The number of carbonyl (C=O) groups excluding carboxylic acids is 2. The largest absolute Gasteiger partial charge is 0.481 e. The summed E-state index contributed by atoms with van der Waals surface area (Å²) >= 11 is 0. The first-order valence-electron chi connectivity index (χ1n) is 5.97. The van der Waals surface area contributed by atoms with Crippen LogP contribution in [0.4, 0.5) is 4.79 Å². The van der Waals surface area contributed by atoms with Crippen LogP contribution in [-0.2, 0) is 9.59 Å². The van der Waals surface area contributed by atoms with Crippen LogP contribution in [0, 0.1) is 0 Å². The Hall–Kier alpha value is -1.85. The van der Waals surface area contributed by atoms with Crippen LogP contribution in [0.15, 0.2) is 12.7 Å². The number of carbonyl (C=O) groups is 3. The van der Waals surface area contributed by atoms with Crippen LogP contribution in [0.1, 0.15) is 32.1 Å². The van der Waals surface area contributed by atoms with Crippen LogP contribution >= 0.6 is 0 Å². The summed E-state index contributed by atoms with van der Waals surface area (Å²) in [6, 6.07) is -0.215. The summed E-state index contributed by atoms with van der Waals surface area (Å²) in [5.74, 6) is -1.38. The highest BCUT2D eigenvalue weighted by atomic mass is 16.4. The van der Waals surface area contributed by atoms with Crippen molar-refractivity contribution in [2.45, 2.75) is 38.1 Å². The second-order valence-corrected chi connectivity index (χ2v) is 4.27. The number of carboxylic acids is 1. The van der Waals surface area contributed by atoms with Gasteiger partial charge in [-0.25, -0.2) is 4.79 Å². The van der Waals surface area contributed by atoms with Crippen LogP contribution in [-0.4, -0.2) is 40.5 Å². The monoisotopic (exact) mass is 254 g/mol. The molecule has 0 aromatic rings. The Balaban J connectivity index is 2.30. The number of hydrogen-bond donors (Lipinski definition) is 2. The van der Waals surface area contributed by atoms with Gasteiger partial charge in [-0.1, -0.05) is 6.08 Å². The van der Waals surface area contributed by atoms with Gasteiger partial charge in [0.05, 0.1) is 0 Å². The Labute approximate surface area is 106 Å². The molecule has 2 N–H and O–H groups in total. The van der Waals surface area contributed by atoms with E-state index in [9.17, 15) is 14.4 Å². The molecule has 0 heterocycles. The lowest BCUT2D eigenvalue weighted by Gasteiger charge is -2.20. The molecule has 1 saturated carbocycles. The number of nitrogens with one attached hydrogen (secondary N) is 1. The fourth-order valence-corrected chi connectivity index (χ4v) is 1.58. The zero-order valence-electron chi connectivity index (χ0n) is 10.2. The lowest BCUT2D eigenvalue weighted by atomic mass is 10.2. The first-order chi connectivity index (χ1) is 8.54. The van der Waals surface area contributed by atoms with Gasteiger partial charge in [-0.05, 0) is 19.3 Å². The molecule has 1 aliphatic carbocycles. The third kappa shape index (κ3) is 4.99. The summed E-state index contributed by atoms with van der Waals surface area (Å²) in [6.45, 7) is 3.98. The standard InChI is InChI=1S/C12H18N2O4/c1-2-8-14(9-6-7-9)12(18)13-10(15)4-3-5-11(16)17/h2,9H,1,3-8H2,(H,16,17)(H,13,15,18). The number of hydrogen-bond acceptors (Lipinski definition) is 3. The second-order valence-electron chi connectivity index (χ2n) is 4.27. The van der Waals surface area contributed by atoms with Crippen LogP contribution in [0.5, 0.6) is 0 Å². The lowest BCUT2D eigenvalue weighted by molar-refractivity contribution is -0.137. The van der Waals surface area contributed by atoms with E-state index >= 15 is 0 Å². The van der Waals surface area contributed by atoms with E-state index in [-0.39, 0.29) is 25.3 Å². The number of carboxylic acid groups (broad SMARTS) is 1. The van der Waals surface area contributed by atoms with Crippen LogP contribution < -0.4 is 5.32 Å². The van der Waals surface area contributed by atoms with Crippen molar-refractivity contribution in [3.8, 4) is 0 Å². The Morgan fingerprint density at radius 1 is 1.33 bits per heavy atom. The van der Waals surface area contributed by atoms with Gasteiger partial charge in [0.1, 0.15) is 0 Å². The number of amides is 3. The van der Waals surface area contributed by atoms with Crippen molar-refractivity contribution in [1.82, 2.24) is 10.2 Å². The van der Waals surface area contributed by atoms with E-state index in [1.807, 2.05) is 0 Å². The van der Waals surface area contributed by atoms with E-state index in [4.69, 9.17) is 5.11 Å². The molecule has 0 aromatic carbocycles. The summed E-state index contributed by atoms with van der Waals surface area (Å²) in [5, 5.41) is 10.7. The molecule has 0 radical (unpaired) electrons. The third-order valence-corrected chi connectivity index (χ3v) is 2.62. The summed E-state index contributed by atoms with van der Waals surface area (Å²) in [5.41, 5.74) is 0. The Kier molecular flexibility index (Phi) is 5.35. The summed E-state index contributed by atoms with van der Waals surface area (Å²) in [6.07, 6.45) is 3.74. The molecule has 0 atom stereocenters. The minimum absolute atomic E-state index is 0.0463. The molecule has 18 heavy (non-hydrogen) atoms. The van der Waals surface area contributed by atoms with E-state index in [0.29, 0.717) is 6.54 Å². The average molecular weight is 254 g/mol. The fourth-order valence-electron chi connectivity index (χ4n) is 1.58. The molecule has 0 bridgehead atoms. The predicted molar refractivity (Wildman–Crippen MR) is 65.0 cm³/mol. The zero-order valence-corrected chi connectivity index (χ0v) is 10.2. The Bertz CT molecular complexity index is 350. The molecule has 1 fully saturated rings. The fraction of sp³-hybridized carbons (Fsp3) is 0.583. The molecular weight excluding hydrogens is 236 g/mol. The number of rotatable bonds is 7. The number of nitrogens with zero attached hydrogens (tertiary/aromatic N) is 1. The molecule has 1 aliphatic rings. The van der Waals surface area contributed by atoms with Gasteiger partial charge in [0.25, 0.3) is 0 Å². The molecule has 6 nitrogen and oxygen atoms in total. The summed E-state index contributed by atoms with van der Waals surface area (Å²) in [4.78, 5) is 35.0. The summed E-state index contributed by atoms with van der Waals surface area (Å²) in [7, 11) is 0. The number of aliphatic carboxylic acids is 1. The molecule has 1 rings (SSSR count). The van der Waals surface area contributed by atoms with Crippen molar-refractivity contribution < 1.29 is 19.5 Å². The van der Waals surface area contributed by atoms with Crippen molar-refractivity contribution >= 4 is 17.9 Å². The first-order valence-corrected chi connectivity index (χ1v) is 5.97. The van der Waals surface area contributed by atoms with Gasteiger partial charge >= 0.3 is 12.0 Å². The van der Waals surface area contributed by atoms with Crippen LogP contribution in [0.3, 0.4) is 0 Å². The van der Waals surface area contributed by atoms with Gasteiger partial charge in [-0.2, -0.15) is 0 Å². The average Bonchev–Trinajstić information content (AvgIpc) is 3.08. The van der Waals surface area contributed by atoms with E-state index in [1.54, 1.807) is 11.0 Å². The number of imide groups is 1. The van der Waals surface area contributed by atoms with Gasteiger partial charge in [0.2, 0.25) is 5.91 Å². The Morgan fingerprint density at radius 2 is 2.00 bits per heavy atom. The van der Waals surface area contributed by atoms with Gasteiger partial charge < -0.3 is 10.0 Å². The van der Waals surface area contributed by atoms with Crippen molar-refractivity contribution in [1.29, 1.82) is 0 Å². The maximum absolute atomic E-state index is 11.8. The SMILES string of the molecule is C=CCN(C(=O)NC(=O)CCCC(=O)O)C1CC1. The highest BCUT2D eigenvalue weighted by molar-refractivity contribution is 5.94. The quantitative estimate of drug-likeness (QED) is 0.667. The van der Waals surface area contributed by atoms with Crippen molar-refractivity contribution in [2.75, 3.05) is 6.54 Å². The molecule has 6 heteroatoms. The second kappa shape index (κ2) is 6.78. The normalized spacial score (nSPS) is 13.8. The predicted octanol–water partition coefficient (Wildman–Crippen LogP) is 1.13. The van der Waals surface area contributed by atoms with E-state index in [2.05, 4.69) is 11.9 Å². The molecule has 0 aliphatic heterocycles. The zero-order chi connectivity index (χ0) is 13.5. The maximum atomic E-state index is 11.8.